The van der Waals surface area contributed by atoms with Gasteiger partial charge in [-0.05, 0) is 24.6 Å². The summed E-state index contributed by atoms with van der Waals surface area (Å²) < 4.78 is 0. The van der Waals surface area contributed by atoms with E-state index < -0.39 is 0 Å². The van der Waals surface area contributed by atoms with Crippen molar-refractivity contribution in [2.24, 2.45) is 0 Å². The SMILES string of the molecule is Cc1ccc(Cl)cc1NC(=O)C[NH2+]C(c1ccccc1)c1ccccc1. The zero-order valence-electron chi connectivity index (χ0n) is 14.7. The van der Waals surface area contributed by atoms with Crippen LogP contribution in [0.25, 0.3) is 0 Å². The highest BCUT2D eigenvalue weighted by molar-refractivity contribution is 6.31. The third-order valence-corrected chi connectivity index (χ3v) is 4.57. The molecule has 0 aliphatic heterocycles. The first-order chi connectivity index (χ1) is 12.6. The number of halogens is 1. The minimum absolute atomic E-state index is 0.0489. The standard InChI is InChI=1S/C22H21ClN2O/c1-16-12-13-19(23)14-20(16)25-21(26)15-24-22(17-8-4-2-5-9-17)18-10-6-3-7-11-18/h2-14,22,24H,15H2,1H3,(H,25,26)/p+1. The maximum Gasteiger partial charge on any atom is 0.279 e. The number of quaternary nitrogens is 1. The molecule has 4 heteroatoms. The molecule has 0 aromatic heterocycles. The molecule has 0 bridgehead atoms. The number of hydrogen-bond acceptors (Lipinski definition) is 1. The second kappa shape index (κ2) is 8.65. The predicted octanol–water partition coefficient (Wildman–Crippen LogP) is 3.94. The number of nitrogens with one attached hydrogen (secondary N) is 1. The third kappa shape index (κ3) is 4.72. The average molecular weight is 366 g/mol. The van der Waals surface area contributed by atoms with Crippen LogP contribution in [0, 0.1) is 6.92 Å². The van der Waals surface area contributed by atoms with E-state index >= 15 is 0 Å². The Kier molecular flexibility index (Phi) is 6.05. The van der Waals surface area contributed by atoms with Crippen LogP contribution in [-0.4, -0.2) is 12.5 Å². The first-order valence-electron chi connectivity index (χ1n) is 8.62. The van der Waals surface area contributed by atoms with E-state index in [9.17, 15) is 4.79 Å². The summed E-state index contributed by atoms with van der Waals surface area (Å²) in [5, 5.41) is 5.62. The Balaban J connectivity index is 1.72. The molecule has 0 saturated heterocycles. The third-order valence-electron chi connectivity index (χ3n) is 4.33. The second-order valence-corrected chi connectivity index (χ2v) is 6.68. The average Bonchev–Trinajstić information content (AvgIpc) is 2.67. The van der Waals surface area contributed by atoms with Gasteiger partial charge >= 0.3 is 0 Å². The molecule has 0 radical (unpaired) electrons. The van der Waals surface area contributed by atoms with E-state index in [1.807, 2.05) is 55.5 Å². The maximum atomic E-state index is 12.5. The minimum atomic E-state index is -0.0489. The molecule has 1 amide bonds. The second-order valence-electron chi connectivity index (χ2n) is 6.25. The Morgan fingerprint density at radius 1 is 0.962 bits per heavy atom. The maximum absolute atomic E-state index is 12.5. The summed E-state index contributed by atoms with van der Waals surface area (Å²) in [5.41, 5.74) is 4.09. The van der Waals surface area contributed by atoms with Crippen LogP contribution in [0.5, 0.6) is 0 Å². The van der Waals surface area contributed by atoms with Gasteiger partial charge in [-0.2, -0.15) is 0 Å². The fraction of sp³-hybridized carbons (Fsp3) is 0.136. The van der Waals surface area contributed by atoms with Gasteiger partial charge < -0.3 is 10.6 Å². The lowest BCUT2D eigenvalue weighted by Crippen LogP contribution is -2.87. The van der Waals surface area contributed by atoms with Gasteiger partial charge in [0.25, 0.3) is 5.91 Å². The monoisotopic (exact) mass is 365 g/mol. The van der Waals surface area contributed by atoms with Crippen molar-refractivity contribution in [3.05, 3.63) is 101 Å². The number of anilines is 1. The van der Waals surface area contributed by atoms with E-state index in [0.29, 0.717) is 11.6 Å². The molecule has 0 unspecified atom stereocenters. The van der Waals surface area contributed by atoms with E-state index in [1.165, 1.54) is 11.1 Å². The smallest absolute Gasteiger partial charge is 0.279 e. The Morgan fingerprint density at radius 3 is 2.12 bits per heavy atom. The summed E-state index contributed by atoms with van der Waals surface area (Å²) >= 11 is 6.03. The normalized spacial score (nSPS) is 10.7. The summed E-state index contributed by atoms with van der Waals surface area (Å²) in [7, 11) is 0. The molecule has 3 rings (SSSR count). The molecular formula is C22H22ClN2O+. The summed E-state index contributed by atoms with van der Waals surface area (Å²) in [6.07, 6.45) is 0. The Labute approximate surface area is 159 Å². The van der Waals surface area contributed by atoms with E-state index in [4.69, 9.17) is 11.6 Å². The summed E-state index contributed by atoms with van der Waals surface area (Å²) in [6.45, 7) is 2.27. The van der Waals surface area contributed by atoms with Gasteiger partial charge in [0.15, 0.2) is 6.54 Å². The van der Waals surface area contributed by atoms with Gasteiger partial charge in [0.2, 0.25) is 0 Å². The van der Waals surface area contributed by atoms with Gasteiger partial charge in [-0.25, -0.2) is 0 Å². The van der Waals surface area contributed by atoms with Gasteiger partial charge in [0.1, 0.15) is 6.04 Å². The lowest BCUT2D eigenvalue weighted by molar-refractivity contribution is -0.676. The lowest BCUT2D eigenvalue weighted by Gasteiger charge is -2.17. The summed E-state index contributed by atoms with van der Waals surface area (Å²) in [6, 6.07) is 26.0. The molecule has 0 spiro atoms. The van der Waals surface area contributed by atoms with Crippen molar-refractivity contribution in [2.45, 2.75) is 13.0 Å². The highest BCUT2D eigenvalue weighted by Crippen LogP contribution is 2.20. The molecule has 0 saturated carbocycles. The van der Waals surface area contributed by atoms with E-state index in [0.717, 1.165) is 11.3 Å². The number of carbonyl (C=O) groups excluding carboxylic acids is 1. The van der Waals surface area contributed by atoms with Crippen molar-refractivity contribution in [3.63, 3.8) is 0 Å². The summed E-state index contributed by atoms with van der Waals surface area (Å²) in [4.78, 5) is 12.5. The molecule has 0 heterocycles. The van der Waals surface area contributed by atoms with E-state index in [1.54, 1.807) is 6.07 Å². The Bertz CT molecular complexity index is 826. The number of benzene rings is 3. The molecule has 0 fully saturated rings. The number of hydrogen-bond donors (Lipinski definition) is 2. The zero-order valence-corrected chi connectivity index (χ0v) is 15.4. The van der Waals surface area contributed by atoms with Gasteiger partial charge in [-0.1, -0.05) is 78.3 Å². The molecule has 3 N–H and O–H groups in total. The largest absolute Gasteiger partial charge is 0.328 e. The Morgan fingerprint density at radius 2 is 1.54 bits per heavy atom. The van der Waals surface area contributed by atoms with Crippen molar-refractivity contribution in [1.82, 2.24) is 0 Å². The van der Waals surface area contributed by atoms with Crippen LogP contribution in [0.1, 0.15) is 22.7 Å². The first-order valence-corrected chi connectivity index (χ1v) is 9.00. The zero-order chi connectivity index (χ0) is 18.4. The van der Waals surface area contributed by atoms with Gasteiger partial charge in [0, 0.05) is 21.8 Å². The van der Waals surface area contributed by atoms with Gasteiger partial charge in [-0.15, -0.1) is 0 Å². The predicted molar refractivity (Wildman–Crippen MR) is 106 cm³/mol. The van der Waals surface area contributed by atoms with Crippen LogP contribution in [0.4, 0.5) is 5.69 Å². The molecule has 3 aromatic carbocycles. The van der Waals surface area contributed by atoms with Crippen molar-refractivity contribution in [1.29, 1.82) is 0 Å². The van der Waals surface area contributed by atoms with Crippen LogP contribution < -0.4 is 10.6 Å². The fourth-order valence-corrected chi connectivity index (χ4v) is 3.11. The minimum Gasteiger partial charge on any atom is -0.328 e. The number of nitrogens with two attached hydrogens (primary N) is 1. The number of carbonyl (C=O) groups is 1. The van der Waals surface area contributed by atoms with Crippen molar-refractivity contribution in [3.8, 4) is 0 Å². The highest BCUT2D eigenvalue weighted by atomic mass is 35.5. The van der Waals surface area contributed by atoms with E-state index in [2.05, 4.69) is 34.9 Å². The van der Waals surface area contributed by atoms with Crippen molar-refractivity contribution < 1.29 is 10.1 Å². The van der Waals surface area contributed by atoms with Crippen LogP contribution in [0.15, 0.2) is 78.9 Å². The number of amides is 1. The van der Waals surface area contributed by atoms with E-state index in [-0.39, 0.29) is 11.9 Å². The van der Waals surface area contributed by atoms with Crippen LogP contribution in [0.3, 0.4) is 0 Å². The van der Waals surface area contributed by atoms with Crippen molar-refractivity contribution in [2.75, 3.05) is 11.9 Å². The highest BCUT2D eigenvalue weighted by Gasteiger charge is 2.18. The molecule has 0 atom stereocenters. The molecule has 3 aromatic rings. The topological polar surface area (TPSA) is 45.7 Å². The van der Waals surface area contributed by atoms with Gasteiger partial charge in [-0.3, -0.25) is 4.79 Å². The molecule has 0 aliphatic carbocycles. The lowest BCUT2D eigenvalue weighted by atomic mass is 9.99. The molecule has 0 aliphatic rings. The van der Waals surface area contributed by atoms with Crippen molar-refractivity contribution >= 4 is 23.2 Å². The molecular weight excluding hydrogens is 344 g/mol. The Hall–Kier alpha value is -2.62. The quantitative estimate of drug-likeness (QED) is 0.682. The van der Waals surface area contributed by atoms with Gasteiger partial charge in [0.05, 0.1) is 0 Å². The number of aryl methyl sites for hydroxylation is 1. The first kappa shape index (κ1) is 18.2. The molecule has 26 heavy (non-hydrogen) atoms. The van der Waals surface area contributed by atoms with Crippen LogP contribution >= 0.6 is 11.6 Å². The van der Waals surface area contributed by atoms with Crippen LogP contribution in [0.2, 0.25) is 5.02 Å². The number of rotatable bonds is 6. The molecule has 3 nitrogen and oxygen atoms in total. The van der Waals surface area contributed by atoms with Crippen LogP contribution in [-0.2, 0) is 4.79 Å². The molecule has 132 valence electrons. The fourth-order valence-electron chi connectivity index (χ4n) is 2.94. The summed E-state index contributed by atoms with van der Waals surface area (Å²) in [5.74, 6) is -0.0489.